The summed E-state index contributed by atoms with van der Waals surface area (Å²) in [5, 5.41) is 7.23. The number of hydrogen-bond donors (Lipinski definition) is 2. The number of aryl methyl sites for hydroxylation is 1. The Bertz CT molecular complexity index is 790. The molecule has 4 nitrogen and oxygen atoms in total. The predicted octanol–water partition coefficient (Wildman–Crippen LogP) is 4.79. The van der Waals surface area contributed by atoms with Gasteiger partial charge in [0.05, 0.1) is 0 Å². The van der Waals surface area contributed by atoms with Crippen LogP contribution in [0.25, 0.3) is 0 Å². The molecule has 1 heterocycles. The van der Waals surface area contributed by atoms with E-state index in [4.69, 9.17) is 11.6 Å². The van der Waals surface area contributed by atoms with Crippen LogP contribution in [0.15, 0.2) is 60.8 Å². The Morgan fingerprint density at radius 3 is 2.65 bits per heavy atom. The molecule has 116 valence electrons. The molecule has 0 aliphatic heterocycles. The number of nitrogens with one attached hydrogen (secondary N) is 2. The third-order valence-corrected chi connectivity index (χ3v) is 3.64. The highest BCUT2D eigenvalue weighted by Crippen LogP contribution is 2.22. The zero-order valence-electron chi connectivity index (χ0n) is 12.8. The lowest BCUT2D eigenvalue weighted by Crippen LogP contribution is -2.04. The van der Waals surface area contributed by atoms with Crippen molar-refractivity contribution in [2.75, 3.05) is 10.6 Å². The van der Waals surface area contributed by atoms with E-state index in [1.165, 1.54) is 5.56 Å². The summed E-state index contributed by atoms with van der Waals surface area (Å²) in [4.78, 5) is 8.74. The van der Waals surface area contributed by atoms with Crippen LogP contribution in [-0.4, -0.2) is 9.97 Å². The lowest BCUT2D eigenvalue weighted by Gasteiger charge is -2.10. The lowest BCUT2D eigenvalue weighted by atomic mass is 10.2. The second-order valence-corrected chi connectivity index (χ2v) is 5.63. The highest BCUT2D eigenvalue weighted by molar-refractivity contribution is 6.30. The molecule has 3 aromatic rings. The van der Waals surface area contributed by atoms with Crippen LogP contribution in [0, 0.1) is 6.92 Å². The molecule has 0 unspecified atom stereocenters. The minimum absolute atomic E-state index is 0.550. The first-order chi connectivity index (χ1) is 11.2. The van der Waals surface area contributed by atoms with Crippen molar-refractivity contribution < 1.29 is 0 Å². The lowest BCUT2D eigenvalue weighted by molar-refractivity contribution is 1.08. The van der Waals surface area contributed by atoms with Gasteiger partial charge in [-0.2, -0.15) is 4.98 Å². The zero-order chi connectivity index (χ0) is 16.1. The van der Waals surface area contributed by atoms with Crippen molar-refractivity contribution in [3.8, 4) is 0 Å². The minimum Gasteiger partial charge on any atom is -0.366 e. The van der Waals surface area contributed by atoms with Crippen LogP contribution in [0.1, 0.15) is 11.1 Å². The highest BCUT2D eigenvalue weighted by Gasteiger charge is 2.03. The molecule has 0 bridgehead atoms. The molecule has 2 N–H and O–H groups in total. The topological polar surface area (TPSA) is 49.8 Å². The Labute approximate surface area is 140 Å². The van der Waals surface area contributed by atoms with Gasteiger partial charge in [0, 0.05) is 23.5 Å². The van der Waals surface area contributed by atoms with E-state index in [-0.39, 0.29) is 0 Å². The first kappa shape index (κ1) is 15.3. The molecule has 0 saturated heterocycles. The molecule has 1 aromatic heterocycles. The Morgan fingerprint density at radius 2 is 1.87 bits per heavy atom. The summed E-state index contributed by atoms with van der Waals surface area (Å²) in [6.45, 7) is 2.71. The Morgan fingerprint density at radius 1 is 1.04 bits per heavy atom. The van der Waals surface area contributed by atoms with Gasteiger partial charge in [0.2, 0.25) is 5.95 Å². The Kier molecular flexibility index (Phi) is 4.74. The molecular weight excluding hydrogens is 308 g/mol. The highest BCUT2D eigenvalue weighted by atomic mass is 35.5. The van der Waals surface area contributed by atoms with Crippen molar-refractivity contribution in [3.63, 3.8) is 0 Å². The van der Waals surface area contributed by atoms with Crippen molar-refractivity contribution in [2.24, 2.45) is 0 Å². The van der Waals surface area contributed by atoms with E-state index in [0.29, 0.717) is 11.0 Å². The molecule has 0 amide bonds. The first-order valence-electron chi connectivity index (χ1n) is 7.35. The largest absolute Gasteiger partial charge is 0.366 e. The van der Waals surface area contributed by atoms with Gasteiger partial charge < -0.3 is 10.6 Å². The van der Waals surface area contributed by atoms with Crippen LogP contribution in [0.2, 0.25) is 5.02 Å². The minimum atomic E-state index is 0.550. The standard InChI is InChI=1S/C18H17ClN4/c1-13-11-15(19)7-8-16(13)22-18-20-10-9-17(23-18)21-12-14-5-3-2-4-6-14/h2-11H,12H2,1H3,(H2,20,21,22,23). The number of halogens is 1. The fourth-order valence-electron chi connectivity index (χ4n) is 2.19. The van der Waals surface area contributed by atoms with Gasteiger partial charge in [0.25, 0.3) is 0 Å². The third-order valence-electron chi connectivity index (χ3n) is 3.41. The van der Waals surface area contributed by atoms with Gasteiger partial charge in [-0.1, -0.05) is 41.9 Å². The van der Waals surface area contributed by atoms with Crippen LogP contribution in [0.3, 0.4) is 0 Å². The van der Waals surface area contributed by atoms with Gasteiger partial charge in [-0.3, -0.25) is 0 Å². The summed E-state index contributed by atoms with van der Waals surface area (Å²) in [6, 6.07) is 17.7. The average Bonchev–Trinajstić information content (AvgIpc) is 2.57. The van der Waals surface area contributed by atoms with E-state index in [1.54, 1.807) is 6.20 Å². The molecular formula is C18H17ClN4. The Hall–Kier alpha value is -2.59. The quantitative estimate of drug-likeness (QED) is 0.708. The number of anilines is 3. The van der Waals surface area contributed by atoms with Crippen molar-refractivity contribution in [2.45, 2.75) is 13.5 Å². The predicted molar refractivity (Wildman–Crippen MR) is 95.3 cm³/mol. The summed E-state index contributed by atoms with van der Waals surface area (Å²) in [5.41, 5.74) is 3.19. The van der Waals surface area contributed by atoms with Crippen LogP contribution in [0.5, 0.6) is 0 Å². The molecule has 0 spiro atoms. The second kappa shape index (κ2) is 7.11. The number of nitrogens with zero attached hydrogens (tertiary/aromatic N) is 2. The molecule has 0 radical (unpaired) electrons. The molecule has 0 atom stereocenters. The molecule has 0 aliphatic rings. The van der Waals surface area contributed by atoms with Crippen molar-refractivity contribution in [3.05, 3.63) is 76.9 Å². The van der Waals surface area contributed by atoms with Gasteiger partial charge in [0.1, 0.15) is 5.82 Å². The Balaban J connectivity index is 1.69. The summed E-state index contributed by atoms with van der Waals surface area (Å²) < 4.78 is 0. The third kappa shape index (κ3) is 4.20. The maximum atomic E-state index is 5.98. The number of aromatic nitrogens is 2. The van der Waals surface area contributed by atoms with E-state index < -0.39 is 0 Å². The van der Waals surface area contributed by atoms with E-state index in [9.17, 15) is 0 Å². The summed E-state index contributed by atoms with van der Waals surface area (Å²) in [7, 11) is 0. The fraction of sp³-hybridized carbons (Fsp3) is 0.111. The SMILES string of the molecule is Cc1cc(Cl)ccc1Nc1nccc(NCc2ccccc2)n1. The van der Waals surface area contributed by atoms with Gasteiger partial charge >= 0.3 is 0 Å². The van der Waals surface area contributed by atoms with Crippen LogP contribution in [-0.2, 0) is 6.54 Å². The first-order valence-corrected chi connectivity index (χ1v) is 7.72. The van der Waals surface area contributed by atoms with E-state index in [0.717, 1.165) is 23.6 Å². The fourth-order valence-corrected chi connectivity index (χ4v) is 2.42. The molecule has 0 fully saturated rings. The molecule has 5 heteroatoms. The van der Waals surface area contributed by atoms with E-state index in [2.05, 4.69) is 32.7 Å². The number of benzene rings is 2. The van der Waals surface area contributed by atoms with Crippen LogP contribution in [0.4, 0.5) is 17.5 Å². The smallest absolute Gasteiger partial charge is 0.229 e. The van der Waals surface area contributed by atoms with Gasteiger partial charge in [-0.25, -0.2) is 4.98 Å². The molecule has 2 aromatic carbocycles. The summed E-state index contributed by atoms with van der Waals surface area (Å²) in [6.07, 6.45) is 1.73. The van der Waals surface area contributed by atoms with Crippen molar-refractivity contribution in [1.82, 2.24) is 9.97 Å². The maximum Gasteiger partial charge on any atom is 0.229 e. The maximum absolute atomic E-state index is 5.98. The summed E-state index contributed by atoms with van der Waals surface area (Å²) in [5.74, 6) is 1.33. The van der Waals surface area contributed by atoms with Crippen molar-refractivity contribution in [1.29, 1.82) is 0 Å². The molecule has 3 rings (SSSR count). The van der Waals surface area contributed by atoms with Gasteiger partial charge in [-0.05, 0) is 42.3 Å². The zero-order valence-corrected chi connectivity index (χ0v) is 13.5. The van der Waals surface area contributed by atoms with Crippen LogP contribution >= 0.6 is 11.6 Å². The second-order valence-electron chi connectivity index (χ2n) is 5.19. The molecule has 0 saturated carbocycles. The number of hydrogen-bond acceptors (Lipinski definition) is 4. The molecule has 0 aliphatic carbocycles. The average molecular weight is 325 g/mol. The summed E-state index contributed by atoms with van der Waals surface area (Å²) >= 11 is 5.98. The monoisotopic (exact) mass is 324 g/mol. The van der Waals surface area contributed by atoms with Gasteiger partial charge in [-0.15, -0.1) is 0 Å². The van der Waals surface area contributed by atoms with Gasteiger partial charge in [0.15, 0.2) is 0 Å². The van der Waals surface area contributed by atoms with E-state index >= 15 is 0 Å². The normalized spacial score (nSPS) is 10.3. The number of rotatable bonds is 5. The molecule has 23 heavy (non-hydrogen) atoms. The van der Waals surface area contributed by atoms with E-state index in [1.807, 2.05) is 49.4 Å². The van der Waals surface area contributed by atoms with Crippen molar-refractivity contribution >= 4 is 29.1 Å². The van der Waals surface area contributed by atoms with Crippen LogP contribution < -0.4 is 10.6 Å².